The number of rotatable bonds is 2. The third kappa shape index (κ3) is 2.58. The summed E-state index contributed by atoms with van der Waals surface area (Å²) in [7, 11) is 0. The maximum Gasteiger partial charge on any atom is 0.258 e. The molecule has 1 aliphatic heterocycles. The van der Waals surface area contributed by atoms with Crippen molar-refractivity contribution in [1.29, 1.82) is 0 Å². The minimum Gasteiger partial charge on any atom is -0.385 e. The van der Waals surface area contributed by atoms with Crippen molar-refractivity contribution in [2.45, 2.75) is 12.8 Å². The molecule has 20 heavy (non-hydrogen) atoms. The van der Waals surface area contributed by atoms with E-state index >= 15 is 0 Å². The van der Waals surface area contributed by atoms with Gasteiger partial charge in [0.25, 0.3) is 5.91 Å². The van der Waals surface area contributed by atoms with E-state index in [2.05, 4.69) is 20.6 Å². The van der Waals surface area contributed by atoms with Gasteiger partial charge >= 0.3 is 0 Å². The fraction of sp³-hybridized carbons (Fsp3) is 0.214. The molecule has 5 nitrogen and oxygen atoms in total. The highest BCUT2D eigenvalue weighted by atomic mass is 35.5. The van der Waals surface area contributed by atoms with Crippen LogP contribution in [-0.2, 0) is 6.42 Å². The van der Waals surface area contributed by atoms with Crippen molar-refractivity contribution >= 4 is 29.1 Å². The summed E-state index contributed by atoms with van der Waals surface area (Å²) in [5, 5.41) is 6.27. The van der Waals surface area contributed by atoms with Gasteiger partial charge in [-0.05, 0) is 36.6 Å². The van der Waals surface area contributed by atoms with Gasteiger partial charge < -0.3 is 5.32 Å². The summed E-state index contributed by atoms with van der Waals surface area (Å²) in [6.45, 7) is 0.940. The molecule has 0 spiro atoms. The van der Waals surface area contributed by atoms with Gasteiger partial charge in [-0.3, -0.25) is 10.1 Å². The zero-order chi connectivity index (χ0) is 13.9. The number of anilines is 2. The van der Waals surface area contributed by atoms with E-state index in [4.69, 9.17) is 11.6 Å². The first-order valence-electron chi connectivity index (χ1n) is 6.40. The molecular weight excluding hydrogens is 276 g/mol. The third-order valence-corrected chi connectivity index (χ3v) is 3.40. The molecule has 2 heterocycles. The summed E-state index contributed by atoms with van der Waals surface area (Å²) in [4.78, 5) is 20.3. The molecule has 2 aromatic rings. The lowest BCUT2D eigenvalue weighted by molar-refractivity contribution is 0.102. The maximum atomic E-state index is 12.3. The van der Waals surface area contributed by atoms with E-state index in [0.29, 0.717) is 10.7 Å². The summed E-state index contributed by atoms with van der Waals surface area (Å²) in [5.41, 5.74) is 2.72. The Labute approximate surface area is 121 Å². The summed E-state index contributed by atoms with van der Waals surface area (Å²) in [5.74, 6) is -0.00307. The van der Waals surface area contributed by atoms with Crippen molar-refractivity contribution in [2.75, 3.05) is 17.2 Å². The van der Waals surface area contributed by atoms with Crippen LogP contribution >= 0.6 is 11.6 Å². The van der Waals surface area contributed by atoms with Crippen molar-refractivity contribution in [3.63, 3.8) is 0 Å². The standard InChI is InChI=1S/C14H13ClN4O/c15-12-6-8-17-14(18-12)19-13(20)10-3-1-5-11-9(10)4-2-7-16-11/h1,3,5-6,8,16H,2,4,7H2,(H,17,18,19,20). The Bertz CT molecular complexity index is 659. The second-order valence-corrected chi connectivity index (χ2v) is 4.91. The van der Waals surface area contributed by atoms with Crippen LogP contribution in [0.2, 0.25) is 5.15 Å². The Hall–Kier alpha value is -2.14. The first kappa shape index (κ1) is 12.9. The van der Waals surface area contributed by atoms with Gasteiger partial charge in [-0.1, -0.05) is 17.7 Å². The molecule has 0 fully saturated rings. The molecule has 0 saturated heterocycles. The maximum absolute atomic E-state index is 12.3. The first-order chi connectivity index (χ1) is 9.74. The molecule has 0 saturated carbocycles. The normalized spacial score (nSPS) is 13.2. The Kier molecular flexibility index (Phi) is 3.52. The molecule has 0 aliphatic carbocycles. The number of halogens is 1. The Morgan fingerprint density at radius 1 is 1.35 bits per heavy atom. The molecule has 0 atom stereocenters. The minimum absolute atomic E-state index is 0.212. The first-order valence-corrected chi connectivity index (χ1v) is 6.77. The van der Waals surface area contributed by atoms with E-state index in [9.17, 15) is 4.79 Å². The molecular formula is C14H13ClN4O. The van der Waals surface area contributed by atoms with Crippen LogP contribution in [0.1, 0.15) is 22.3 Å². The second kappa shape index (κ2) is 5.46. The highest BCUT2D eigenvalue weighted by Gasteiger charge is 2.17. The van der Waals surface area contributed by atoms with Crippen LogP contribution in [0.15, 0.2) is 30.5 Å². The van der Waals surface area contributed by atoms with Crippen molar-refractivity contribution in [1.82, 2.24) is 9.97 Å². The Morgan fingerprint density at radius 3 is 3.10 bits per heavy atom. The van der Waals surface area contributed by atoms with Crippen LogP contribution in [0.25, 0.3) is 0 Å². The van der Waals surface area contributed by atoms with Crippen LogP contribution in [0.4, 0.5) is 11.6 Å². The second-order valence-electron chi connectivity index (χ2n) is 4.52. The molecule has 0 bridgehead atoms. The number of carbonyl (C=O) groups excluding carboxylic acids is 1. The average Bonchev–Trinajstić information content (AvgIpc) is 2.46. The molecule has 1 aromatic heterocycles. The average molecular weight is 289 g/mol. The molecule has 1 amide bonds. The lowest BCUT2D eigenvalue weighted by Gasteiger charge is -2.20. The number of carbonyl (C=O) groups is 1. The molecule has 0 unspecified atom stereocenters. The zero-order valence-corrected chi connectivity index (χ0v) is 11.4. The molecule has 6 heteroatoms. The van der Waals surface area contributed by atoms with E-state index in [1.807, 2.05) is 18.2 Å². The van der Waals surface area contributed by atoms with Gasteiger partial charge in [-0.2, -0.15) is 0 Å². The van der Waals surface area contributed by atoms with Gasteiger partial charge in [0.1, 0.15) is 5.15 Å². The summed E-state index contributed by atoms with van der Waals surface area (Å²) >= 11 is 5.78. The number of hydrogen-bond donors (Lipinski definition) is 2. The molecule has 102 valence electrons. The smallest absolute Gasteiger partial charge is 0.258 e. The van der Waals surface area contributed by atoms with E-state index in [1.54, 1.807) is 6.07 Å². The third-order valence-electron chi connectivity index (χ3n) is 3.19. The molecule has 1 aliphatic rings. The van der Waals surface area contributed by atoms with Crippen LogP contribution in [0.5, 0.6) is 0 Å². The number of fused-ring (bicyclic) bond motifs is 1. The van der Waals surface area contributed by atoms with Crippen molar-refractivity contribution in [2.24, 2.45) is 0 Å². The molecule has 2 N–H and O–H groups in total. The topological polar surface area (TPSA) is 66.9 Å². The van der Waals surface area contributed by atoms with Crippen LogP contribution in [0, 0.1) is 0 Å². The van der Waals surface area contributed by atoms with Crippen molar-refractivity contribution in [3.8, 4) is 0 Å². The van der Waals surface area contributed by atoms with Crippen molar-refractivity contribution in [3.05, 3.63) is 46.7 Å². The zero-order valence-electron chi connectivity index (χ0n) is 10.7. The fourth-order valence-electron chi connectivity index (χ4n) is 2.29. The van der Waals surface area contributed by atoms with Crippen molar-refractivity contribution < 1.29 is 4.79 Å². The number of nitrogens with one attached hydrogen (secondary N) is 2. The predicted octanol–water partition coefficient (Wildman–Crippen LogP) is 2.74. The molecule has 1 aromatic carbocycles. The minimum atomic E-state index is -0.215. The highest BCUT2D eigenvalue weighted by Crippen LogP contribution is 2.25. The lowest BCUT2D eigenvalue weighted by Crippen LogP contribution is -2.20. The van der Waals surface area contributed by atoms with Crippen LogP contribution in [-0.4, -0.2) is 22.4 Å². The highest BCUT2D eigenvalue weighted by molar-refractivity contribution is 6.29. The lowest BCUT2D eigenvalue weighted by atomic mass is 9.97. The van der Waals surface area contributed by atoms with Gasteiger partial charge in [0.15, 0.2) is 0 Å². The summed E-state index contributed by atoms with van der Waals surface area (Å²) in [6, 6.07) is 7.23. The monoisotopic (exact) mass is 288 g/mol. The summed E-state index contributed by atoms with van der Waals surface area (Å²) in [6.07, 6.45) is 3.42. The van der Waals surface area contributed by atoms with Gasteiger partial charge in [0.2, 0.25) is 5.95 Å². The fourth-order valence-corrected chi connectivity index (χ4v) is 2.42. The summed E-state index contributed by atoms with van der Waals surface area (Å²) < 4.78 is 0. The van der Waals surface area contributed by atoms with Crippen LogP contribution < -0.4 is 10.6 Å². The number of nitrogens with zero attached hydrogens (tertiary/aromatic N) is 2. The largest absolute Gasteiger partial charge is 0.385 e. The molecule has 0 radical (unpaired) electrons. The molecule has 3 rings (SSSR count). The van der Waals surface area contributed by atoms with Gasteiger partial charge in [0.05, 0.1) is 0 Å². The quantitative estimate of drug-likeness (QED) is 0.834. The van der Waals surface area contributed by atoms with Gasteiger partial charge in [-0.25, -0.2) is 9.97 Å². The predicted molar refractivity (Wildman–Crippen MR) is 78.2 cm³/mol. The van der Waals surface area contributed by atoms with Gasteiger partial charge in [0, 0.05) is 24.0 Å². The van der Waals surface area contributed by atoms with E-state index in [1.165, 1.54) is 6.20 Å². The Morgan fingerprint density at radius 2 is 2.25 bits per heavy atom. The number of hydrogen-bond acceptors (Lipinski definition) is 4. The number of amides is 1. The van der Waals surface area contributed by atoms with Gasteiger partial charge in [-0.15, -0.1) is 0 Å². The SMILES string of the molecule is O=C(Nc1nccc(Cl)n1)c1cccc2c1CCCN2. The number of aromatic nitrogens is 2. The van der Waals surface area contributed by atoms with Crippen LogP contribution in [0.3, 0.4) is 0 Å². The van der Waals surface area contributed by atoms with E-state index < -0.39 is 0 Å². The van der Waals surface area contributed by atoms with E-state index in [0.717, 1.165) is 30.6 Å². The van der Waals surface area contributed by atoms with E-state index in [-0.39, 0.29) is 11.9 Å². The number of benzene rings is 1. The Balaban J connectivity index is 1.88.